The minimum absolute atomic E-state index is 0.0192. The summed E-state index contributed by atoms with van der Waals surface area (Å²) in [6, 6.07) is 0.0192. The molecule has 4 nitrogen and oxygen atoms in total. The number of rotatable bonds is 6. The Morgan fingerprint density at radius 2 is 2.00 bits per heavy atom. The van der Waals surface area contributed by atoms with Crippen LogP contribution in [0.15, 0.2) is 0 Å². The van der Waals surface area contributed by atoms with E-state index in [-0.39, 0.29) is 24.7 Å². The molecule has 0 aliphatic carbocycles. The first kappa shape index (κ1) is 14.3. The van der Waals surface area contributed by atoms with Gasteiger partial charge in [0.1, 0.15) is 6.61 Å². The van der Waals surface area contributed by atoms with Crippen LogP contribution in [0.1, 0.15) is 27.2 Å². The molecule has 0 aromatic heterocycles. The average Bonchev–Trinajstić information content (AvgIpc) is 2.11. The largest absolute Gasteiger partial charge is 0.393 e. The van der Waals surface area contributed by atoms with Gasteiger partial charge in [0.15, 0.2) is 0 Å². The number of nitrogens with zero attached hydrogens (tertiary/aromatic N) is 1. The lowest BCUT2D eigenvalue weighted by Gasteiger charge is -2.24. The van der Waals surface area contributed by atoms with Crippen LogP contribution in [0, 0.1) is 0 Å². The summed E-state index contributed by atoms with van der Waals surface area (Å²) in [5.41, 5.74) is 5.42. The second-order valence-electron chi connectivity index (χ2n) is 3.88. The van der Waals surface area contributed by atoms with E-state index < -0.39 is 0 Å². The fraction of sp³-hybridized carbons (Fsp3) is 0.800. The van der Waals surface area contributed by atoms with Crippen LogP contribution in [-0.2, 0) is 9.53 Å². The molecule has 0 rings (SSSR count). The normalized spacial score (nSPS) is 12.6. The Kier molecular flexibility index (Phi) is 6.43. The van der Waals surface area contributed by atoms with Crippen LogP contribution < -0.4 is 5.73 Å². The van der Waals surface area contributed by atoms with Crippen molar-refractivity contribution < 1.29 is 9.53 Å². The third kappa shape index (κ3) is 6.41. The molecule has 1 unspecified atom stereocenters. The molecule has 0 spiro atoms. The number of hydrogen-bond acceptors (Lipinski definition) is 3. The van der Waals surface area contributed by atoms with Gasteiger partial charge in [-0.1, -0.05) is 12.2 Å². The Labute approximate surface area is 96.8 Å². The summed E-state index contributed by atoms with van der Waals surface area (Å²) < 4.78 is 5.22. The Hall–Kier alpha value is -0.680. The van der Waals surface area contributed by atoms with Crippen LogP contribution in [-0.4, -0.2) is 41.6 Å². The lowest BCUT2D eigenvalue weighted by atomic mass is 10.2. The van der Waals surface area contributed by atoms with Gasteiger partial charge < -0.3 is 15.4 Å². The highest BCUT2D eigenvalue weighted by Crippen LogP contribution is 2.02. The monoisotopic (exact) mass is 232 g/mol. The summed E-state index contributed by atoms with van der Waals surface area (Å²) in [5, 5.41) is 0. The van der Waals surface area contributed by atoms with Crippen molar-refractivity contribution in [2.24, 2.45) is 5.73 Å². The van der Waals surface area contributed by atoms with E-state index in [4.69, 9.17) is 22.7 Å². The zero-order valence-electron chi connectivity index (χ0n) is 9.82. The number of thiocarbonyl (C=S) groups is 1. The standard InChI is InChI=1S/C10H20N2O2S/c1-7(2)14-6-10(13)12(4)8(3)5-9(11)15/h7-8H,5-6H2,1-4H3,(H2,11,15). The molecule has 1 amide bonds. The second-order valence-corrected chi connectivity index (χ2v) is 4.41. The van der Waals surface area contributed by atoms with Crippen LogP contribution in [0.3, 0.4) is 0 Å². The van der Waals surface area contributed by atoms with Crippen LogP contribution >= 0.6 is 12.2 Å². The molecular weight excluding hydrogens is 212 g/mol. The van der Waals surface area contributed by atoms with Crippen LogP contribution in [0.4, 0.5) is 0 Å². The van der Waals surface area contributed by atoms with E-state index in [1.165, 1.54) is 0 Å². The molecule has 5 heteroatoms. The maximum atomic E-state index is 11.6. The lowest BCUT2D eigenvalue weighted by Crippen LogP contribution is -2.39. The molecule has 0 saturated carbocycles. The van der Waals surface area contributed by atoms with Crippen molar-refractivity contribution in [3.63, 3.8) is 0 Å². The summed E-state index contributed by atoms with van der Waals surface area (Å²) in [7, 11) is 1.73. The number of carbonyl (C=O) groups excluding carboxylic acids is 1. The third-order valence-corrected chi connectivity index (χ3v) is 2.26. The van der Waals surface area contributed by atoms with Gasteiger partial charge in [0, 0.05) is 19.5 Å². The molecule has 0 aromatic rings. The zero-order valence-corrected chi connectivity index (χ0v) is 10.6. The SMILES string of the molecule is CC(C)OCC(=O)N(C)C(C)CC(N)=S. The van der Waals surface area contributed by atoms with Gasteiger partial charge in [0.25, 0.3) is 0 Å². The smallest absolute Gasteiger partial charge is 0.248 e. The Bertz CT molecular complexity index is 231. The average molecular weight is 232 g/mol. The van der Waals surface area contributed by atoms with Crippen LogP contribution in [0.5, 0.6) is 0 Å². The maximum absolute atomic E-state index is 11.6. The molecule has 0 bridgehead atoms. The quantitative estimate of drug-likeness (QED) is 0.692. The van der Waals surface area contributed by atoms with Crippen molar-refractivity contribution in [2.45, 2.75) is 39.3 Å². The highest BCUT2D eigenvalue weighted by atomic mass is 32.1. The van der Waals surface area contributed by atoms with E-state index in [0.717, 1.165) is 0 Å². The molecule has 88 valence electrons. The molecule has 0 saturated heterocycles. The molecule has 0 fully saturated rings. The molecule has 0 radical (unpaired) electrons. The first-order chi connectivity index (χ1) is 6.84. The molecule has 0 heterocycles. The summed E-state index contributed by atoms with van der Waals surface area (Å²) in [6.07, 6.45) is 0.604. The lowest BCUT2D eigenvalue weighted by molar-refractivity contribution is -0.137. The Morgan fingerprint density at radius 1 is 1.47 bits per heavy atom. The number of hydrogen-bond donors (Lipinski definition) is 1. The van der Waals surface area contributed by atoms with Gasteiger partial charge in [0.2, 0.25) is 5.91 Å². The topological polar surface area (TPSA) is 55.6 Å². The molecule has 0 aromatic carbocycles. The van der Waals surface area contributed by atoms with E-state index in [0.29, 0.717) is 11.4 Å². The summed E-state index contributed by atoms with van der Waals surface area (Å²) in [5.74, 6) is -0.0487. The van der Waals surface area contributed by atoms with Gasteiger partial charge in [-0.05, 0) is 20.8 Å². The first-order valence-corrected chi connectivity index (χ1v) is 5.41. The van der Waals surface area contributed by atoms with Crippen LogP contribution in [0.25, 0.3) is 0 Å². The highest BCUT2D eigenvalue weighted by molar-refractivity contribution is 7.80. The fourth-order valence-corrected chi connectivity index (χ4v) is 1.25. The molecule has 0 aliphatic heterocycles. The minimum atomic E-state index is -0.0487. The molecule has 0 aliphatic rings. The molecule has 2 N–H and O–H groups in total. The molecular formula is C10H20N2O2S. The second kappa shape index (κ2) is 6.74. The van der Waals surface area contributed by atoms with E-state index in [1.54, 1.807) is 11.9 Å². The van der Waals surface area contributed by atoms with Crippen molar-refractivity contribution in [1.29, 1.82) is 0 Å². The molecule has 1 atom stereocenters. The number of ether oxygens (including phenoxy) is 1. The highest BCUT2D eigenvalue weighted by Gasteiger charge is 2.16. The van der Waals surface area contributed by atoms with Gasteiger partial charge in [-0.15, -0.1) is 0 Å². The third-order valence-electron chi connectivity index (χ3n) is 2.09. The number of carbonyl (C=O) groups is 1. The van der Waals surface area contributed by atoms with Crippen molar-refractivity contribution >= 4 is 23.1 Å². The number of nitrogens with two attached hydrogens (primary N) is 1. The Morgan fingerprint density at radius 3 is 2.40 bits per heavy atom. The predicted octanol–water partition coefficient (Wildman–Crippen LogP) is 0.934. The Balaban J connectivity index is 4.01. The fourth-order valence-electron chi connectivity index (χ4n) is 1.01. The van der Waals surface area contributed by atoms with E-state index in [1.807, 2.05) is 20.8 Å². The van der Waals surface area contributed by atoms with E-state index in [2.05, 4.69) is 0 Å². The maximum Gasteiger partial charge on any atom is 0.248 e. The summed E-state index contributed by atoms with van der Waals surface area (Å²) in [4.78, 5) is 13.6. The molecule has 15 heavy (non-hydrogen) atoms. The van der Waals surface area contributed by atoms with Crippen molar-refractivity contribution in [3.05, 3.63) is 0 Å². The zero-order chi connectivity index (χ0) is 12.0. The first-order valence-electron chi connectivity index (χ1n) is 5.00. The van der Waals surface area contributed by atoms with Gasteiger partial charge >= 0.3 is 0 Å². The summed E-state index contributed by atoms with van der Waals surface area (Å²) >= 11 is 4.79. The van der Waals surface area contributed by atoms with Crippen molar-refractivity contribution in [3.8, 4) is 0 Å². The van der Waals surface area contributed by atoms with Crippen molar-refractivity contribution in [2.75, 3.05) is 13.7 Å². The number of amides is 1. The van der Waals surface area contributed by atoms with E-state index >= 15 is 0 Å². The van der Waals surface area contributed by atoms with Gasteiger partial charge in [-0.3, -0.25) is 4.79 Å². The van der Waals surface area contributed by atoms with Crippen molar-refractivity contribution in [1.82, 2.24) is 4.90 Å². The minimum Gasteiger partial charge on any atom is -0.393 e. The predicted molar refractivity (Wildman–Crippen MR) is 64.7 cm³/mol. The number of likely N-dealkylation sites (N-methyl/N-ethyl adjacent to an activating group) is 1. The van der Waals surface area contributed by atoms with Crippen LogP contribution in [0.2, 0.25) is 0 Å². The van der Waals surface area contributed by atoms with E-state index in [9.17, 15) is 4.79 Å². The van der Waals surface area contributed by atoms with Gasteiger partial charge in [0.05, 0.1) is 11.1 Å². The van der Waals surface area contributed by atoms with Gasteiger partial charge in [-0.25, -0.2) is 0 Å². The summed E-state index contributed by atoms with van der Waals surface area (Å²) in [6.45, 7) is 5.81. The van der Waals surface area contributed by atoms with Gasteiger partial charge in [-0.2, -0.15) is 0 Å².